The van der Waals surface area contributed by atoms with Gasteiger partial charge in [0.25, 0.3) is 0 Å². The van der Waals surface area contributed by atoms with E-state index in [1.54, 1.807) is 6.07 Å². The van der Waals surface area contributed by atoms with Crippen LogP contribution >= 0.6 is 22.9 Å². The second-order valence-electron chi connectivity index (χ2n) is 2.01. The molecular formula is C7H7ClN2O2S. The molecule has 70 valence electrons. The number of hydrogen-bond acceptors (Lipinski definition) is 4. The first kappa shape index (κ1) is 10.0. The van der Waals surface area contributed by atoms with E-state index < -0.39 is 6.09 Å². The van der Waals surface area contributed by atoms with Crippen molar-refractivity contribution < 1.29 is 9.53 Å². The lowest BCUT2D eigenvalue weighted by Crippen LogP contribution is -2.16. The summed E-state index contributed by atoms with van der Waals surface area (Å²) >= 11 is 7.17. The normalized spacial score (nSPS) is 10.3. The molecule has 0 bridgehead atoms. The molecule has 1 aromatic heterocycles. The number of rotatable bonds is 2. The van der Waals surface area contributed by atoms with Gasteiger partial charge in [0.15, 0.2) is 0 Å². The van der Waals surface area contributed by atoms with Crippen molar-refractivity contribution in [3.63, 3.8) is 0 Å². The number of thiophene rings is 1. The number of hydrazone groups is 1. The third-order valence-corrected chi connectivity index (χ3v) is 2.39. The molecule has 0 aliphatic heterocycles. The molecule has 0 saturated carbocycles. The molecule has 0 aliphatic carbocycles. The minimum Gasteiger partial charge on any atom is -0.452 e. The number of carbonyl (C=O) groups excluding carboxylic acids is 1. The second kappa shape index (κ2) is 4.84. The van der Waals surface area contributed by atoms with E-state index in [9.17, 15) is 4.79 Å². The molecule has 0 fully saturated rings. The molecule has 6 heteroatoms. The quantitative estimate of drug-likeness (QED) is 0.611. The number of hydrogen-bond donors (Lipinski definition) is 1. The van der Waals surface area contributed by atoms with Gasteiger partial charge in [0.1, 0.15) is 4.34 Å². The fourth-order valence-corrected chi connectivity index (χ4v) is 1.45. The Morgan fingerprint density at radius 3 is 3.15 bits per heavy atom. The highest BCUT2D eigenvalue weighted by atomic mass is 35.5. The first-order chi connectivity index (χ1) is 6.24. The number of nitrogens with zero attached hydrogens (tertiary/aromatic N) is 1. The summed E-state index contributed by atoms with van der Waals surface area (Å²) in [5.41, 5.74) is 2.92. The summed E-state index contributed by atoms with van der Waals surface area (Å²) in [5, 5.41) is 5.45. The average molecular weight is 219 g/mol. The van der Waals surface area contributed by atoms with E-state index in [0.717, 1.165) is 5.56 Å². The molecule has 1 amide bonds. The summed E-state index contributed by atoms with van der Waals surface area (Å²) in [6.07, 6.45) is 0.845. The number of carbonyl (C=O) groups is 1. The lowest BCUT2D eigenvalue weighted by atomic mass is 10.4. The maximum Gasteiger partial charge on any atom is 0.427 e. The van der Waals surface area contributed by atoms with E-state index in [1.807, 2.05) is 5.38 Å². The average Bonchev–Trinajstić information content (AvgIpc) is 2.52. The zero-order valence-electron chi connectivity index (χ0n) is 6.78. The fourth-order valence-electron chi connectivity index (χ4n) is 0.595. The number of nitrogens with one attached hydrogen (secondary N) is 1. The van der Waals surface area contributed by atoms with Crippen LogP contribution in [0.1, 0.15) is 5.56 Å². The van der Waals surface area contributed by atoms with E-state index in [2.05, 4.69) is 15.3 Å². The first-order valence-corrected chi connectivity index (χ1v) is 4.60. The number of ether oxygens (including phenoxy) is 1. The predicted molar refractivity (Wildman–Crippen MR) is 52.5 cm³/mol. The summed E-state index contributed by atoms with van der Waals surface area (Å²) in [4.78, 5) is 10.5. The molecule has 1 N–H and O–H groups in total. The highest BCUT2D eigenvalue weighted by molar-refractivity contribution is 7.14. The van der Waals surface area contributed by atoms with Gasteiger partial charge in [-0.3, -0.25) is 0 Å². The summed E-state index contributed by atoms with van der Waals surface area (Å²) in [6.45, 7) is 0. The van der Waals surface area contributed by atoms with Crippen molar-refractivity contribution in [2.75, 3.05) is 7.11 Å². The monoisotopic (exact) mass is 218 g/mol. The zero-order chi connectivity index (χ0) is 9.68. The SMILES string of the molecule is COC(=O)N/N=C/c1ccsc1Cl. The molecule has 13 heavy (non-hydrogen) atoms. The van der Waals surface area contributed by atoms with Crippen LogP contribution in [0.2, 0.25) is 4.34 Å². The van der Waals surface area contributed by atoms with Gasteiger partial charge < -0.3 is 4.74 Å². The zero-order valence-corrected chi connectivity index (χ0v) is 8.35. The maximum atomic E-state index is 10.5. The van der Waals surface area contributed by atoms with Crippen molar-refractivity contribution in [2.24, 2.45) is 5.10 Å². The Labute approximate surface area is 84.2 Å². The van der Waals surface area contributed by atoms with Gasteiger partial charge in [0, 0.05) is 5.56 Å². The Kier molecular flexibility index (Phi) is 3.72. The van der Waals surface area contributed by atoms with Crippen LogP contribution in [0.5, 0.6) is 0 Å². The number of methoxy groups -OCH3 is 1. The van der Waals surface area contributed by atoms with Crippen LogP contribution in [-0.2, 0) is 4.74 Å². The van der Waals surface area contributed by atoms with Gasteiger partial charge in [-0.25, -0.2) is 10.2 Å². The van der Waals surface area contributed by atoms with Crippen LogP contribution in [0.3, 0.4) is 0 Å². The largest absolute Gasteiger partial charge is 0.452 e. The van der Waals surface area contributed by atoms with Crippen molar-refractivity contribution in [3.8, 4) is 0 Å². The fraction of sp³-hybridized carbons (Fsp3) is 0.143. The summed E-state index contributed by atoms with van der Waals surface area (Å²) in [7, 11) is 1.27. The van der Waals surface area contributed by atoms with Gasteiger partial charge in [0.2, 0.25) is 0 Å². The standard InChI is InChI=1S/C7H7ClN2O2S/c1-12-7(11)10-9-4-5-2-3-13-6(5)8/h2-4H,1H3,(H,10,11)/b9-4+. The molecular weight excluding hydrogens is 212 g/mol. The Balaban J connectivity index is 2.50. The van der Waals surface area contributed by atoms with E-state index >= 15 is 0 Å². The molecule has 0 unspecified atom stereocenters. The number of amides is 1. The van der Waals surface area contributed by atoms with Crippen LogP contribution in [0.15, 0.2) is 16.5 Å². The van der Waals surface area contributed by atoms with E-state index in [0.29, 0.717) is 4.34 Å². The summed E-state index contributed by atoms with van der Waals surface area (Å²) < 4.78 is 4.94. The van der Waals surface area contributed by atoms with Crippen LogP contribution < -0.4 is 5.43 Å². The summed E-state index contributed by atoms with van der Waals surface area (Å²) in [5.74, 6) is 0. The van der Waals surface area contributed by atoms with E-state index in [1.165, 1.54) is 24.7 Å². The van der Waals surface area contributed by atoms with Gasteiger partial charge in [0.05, 0.1) is 13.3 Å². The smallest absolute Gasteiger partial charge is 0.427 e. The third kappa shape index (κ3) is 3.04. The minimum absolute atomic E-state index is 0.609. The maximum absolute atomic E-state index is 10.5. The van der Waals surface area contributed by atoms with Crippen molar-refractivity contribution in [1.29, 1.82) is 0 Å². The lowest BCUT2D eigenvalue weighted by molar-refractivity contribution is 0.171. The van der Waals surface area contributed by atoms with Crippen molar-refractivity contribution in [2.45, 2.75) is 0 Å². The Hall–Kier alpha value is -1.07. The molecule has 0 saturated heterocycles. The molecule has 0 aliphatic rings. The molecule has 1 rings (SSSR count). The van der Waals surface area contributed by atoms with Crippen LogP contribution in [-0.4, -0.2) is 19.4 Å². The summed E-state index contributed by atoms with van der Waals surface area (Å²) in [6, 6.07) is 1.80. The molecule has 0 atom stereocenters. The minimum atomic E-state index is -0.609. The topological polar surface area (TPSA) is 50.7 Å². The lowest BCUT2D eigenvalue weighted by Gasteiger charge is -1.94. The molecule has 1 heterocycles. The molecule has 1 aromatic rings. The Morgan fingerprint density at radius 1 is 1.85 bits per heavy atom. The van der Waals surface area contributed by atoms with Crippen molar-refractivity contribution in [1.82, 2.24) is 5.43 Å². The molecule has 4 nitrogen and oxygen atoms in total. The van der Waals surface area contributed by atoms with E-state index in [-0.39, 0.29) is 0 Å². The van der Waals surface area contributed by atoms with Gasteiger partial charge in [-0.05, 0) is 11.4 Å². The number of halogens is 1. The molecule has 0 aromatic carbocycles. The van der Waals surface area contributed by atoms with E-state index in [4.69, 9.17) is 11.6 Å². The van der Waals surface area contributed by atoms with Gasteiger partial charge in [-0.15, -0.1) is 11.3 Å². The second-order valence-corrected chi connectivity index (χ2v) is 3.53. The Bertz CT molecular complexity index is 324. The highest BCUT2D eigenvalue weighted by Gasteiger charge is 1.97. The van der Waals surface area contributed by atoms with Crippen LogP contribution in [0.4, 0.5) is 4.79 Å². The van der Waals surface area contributed by atoms with Gasteiger partial charge >= 0.3 is 6.09 Å². The van der Waals surface area contributed by atoms with Crippen molar-refractivity contribution in [3.05, 3.63) is 21.3 Å². The molecule has 0 radical (unpaired) electrons. The first-order valence-electron chi connectivity index (χ1n) is 3.34. The molecule has 0 spiro atoms. The Morgan fingerprint density at radius 2 is 2.62 bits per heavy atom. The van der Waals surface area contributed by atoms with Crippen LogP contribution in [0.25, 0.3) is 0 Å². The third-order valence-electron chi connectivity index (χ3n) is 1.19. The van der Waals surface area contributed by atoms with Gasteiger partial charge in [-0.1, -0.05) is 11.6 Å². The van der Waals surface area contributed by atoms with Crippen LogP contribution in [0, 0.1) is 0 Å². The van der Waals surface area contributed by atoms with Crippen molar-refractivity contribution >= 4 is 35.2 Å². The highest BCUT2D eigenvalue weighted by Crippen LogP contribution is 2.20. The predicted octanol–water partition coefficient (Wildman–Crippen LogP) is 2.09. The van der Waals surface area contributed by atoms with Gasteiger partial charge in [-0.2, -0.15) is 5.10 Å².